The summed E-state index contributed by atoms with van der Waals surface area (Å²) >= 11 is 1.45. The van der Waals surface area contributed by atoms with E-state index in [1.807, 2.05) is 17.5 Å². The first-order valence-corrected chi connectivity index (χ1v) is 8.47. The number of thiophene rings is 1. The number of hydrogen-bond donors (Lipinski definition) is 1. The predicted octanol–water partition coefficient (Wildman–Crippen LogP) is 2.11. The van der Waals surface area contributed by atoms with Crippen LogP contribution in [0.15, 0.2) is 41.8 Å². The van der Waals surface area contributed by atoms with Gasteiger partial charge in [0.25, 0.3) is 5.91 Å². The van der Waals surface area contributed by atoms with Crippen molar-refractivity contribution < 1.29 is 18.7 Å². The SMILES string of the molecule is C[C@H](OC(=O)Cn1nnc(-c2cccs2)n1)C(=O)Nc1ccc(F)cc1. The van der Waals surface area contributed by atoms with Crippen LogP contribution in [0.2, 0.25) is 0 Å². The topological polar surface area (TPSA) is 99.0 Å². The maximum Gasteiger partial charge on any atom is 0.330 e. The first kappa shape index (κ1) is 17.7. The Labute approximate surface area is 151 Å². The second-order valence-electron chi connectivity index (χ2n) is 5.25. The first-order valence-electron chi connectivity index (χ1n) is 7.59. The summed E-state index contributed by atoms with van der Waals surface area (Å²) in [5.74, 6) is -1.21. The van der Waals surface area contributed by atoms with E-state index in [1.54, 1.807) is 0 Å². The molecule has 8 nitrogen and oxygen atoms in total. The molecule has 3 rings (SSSR count). The number of benzene rings is 1. The average molecular weight is 375 g/mol. The van der Waals surface area contributed by atoms with E-state index < -0.39 is 23.8 Å². The molecule has 0 radical (unpaired) electrons. The highest BCUT2D eigenvalue weighted by Crippen LogP contribution is 2.19. The quantitative estimate of drug-likeness (QED) is 0.663. The first-order chi connectivity index (χ1) is 12.5. The van der Waals surface area contributed by atoms with Crippen molar-refractivity contribution in [1.29, 1.82) is 0 Å². The van der Waals surface area contributed by atoms with Crippen molar-refractivity contribution in [2.75, 3.05) is 5.32 Å². The number of ether oxygens (including phenoxy) is 1. The molecule has 1 N–H and O–H groups in total. The molecule has 0 aliphatic rings. The number of hydrogen-bond acceptors (Lipinski definition) is 7. The minimum absolute atomic E-state index is 0.271. The Morgan fingerprint density at radius 2 is 2.08 bits per heavy atom. The number of halogens is 1. The normalized spacial score (nSPS) is 11.8. The standard InChI is InChI=1S/C16H14FN5O3S/c1-10(16(24)18-12-6-4-11(17)5-7-12)25-14(23)9-22-20-15(19-21-22)13-3-2-8-26-13/h2-8,10H,9H2,1H3,(H,18,24)/t10-/m0/s1. The summed E-state index contributed by atoms with van der Waals surface area (Å²) in [4.78, 5) is 25.9. The van der Waals surface area contributed by atoms with Crippen LogP contribution in [0.5, 0.6) is 0 Å². The van der Waals surface area contributed by atoms with Gasteiger partial charge in [-0.25, -0.2) is 9.18 Å². The molecule has 0 aliphatic heterocycles. The van der Waals surface area contributed by atoms with Gasteiger partial charge < -0.3 is 10.1 Å². The fraction of sp³-hybridized carbons (Fsp3) is 0.188. The maximum absolute atomic E-state index is 12.9. The summed E-state index contributed by atoms with van der Waals surface area (Å²) in [6.45, 7) is 1.16. The third-order valence-corrected chi connectivity index (χ3v) is 4.12. The van der Waals surface area contributed by atoms with Crippen molar-refractivity contribution in [2.45, 2.75) is 19.6 Å². The molecule has 134 valence electrons. The third kappa shape index (κ3) is 4.48. The number of amides is 1. The molecule has 0 bridgehead atoms. The largest absolute Gasteiger partial charge is 0.451 e. The van der Waals surface area contributed by atoms with Gasteiger partial charge in [-0.2, -0.15) is 4.80 Å². The van der Waals surface area contributed by atoms with E-state index in [1.165, 1.54) is 42.5 Å². The fourth-order valence-corrected chi connectivity index (χ4v) is 2.64. The Kier molecular flexibility index (Phi) is 5.32. The fourth-order valence-electron chi connectivity index (χ4n) is 2.00. The summed E-state index contributed by atoms with van der Waals surface area (Å²) in [6, 6.07) is 8.95. The van der Waals surface area contributed by atoms with Gasteiger partial charge in [0.05, 0.1) is 4.88 Å². The molecule has 2 aromatic heterocycles. The van der Waals surface area contributed by atoms with Crippen LogP contribution in [0.1, 0.15) is 6.92 Å². The Morgan fingerprint density at radius 1 is 1.31 bits per heavy atom. The molecule has 26 heavy (non-hydrogen) atoms. The van der Waals surface area contributed by atoms with Gasteiger partial charge in [0.1, 0.15) is 5.82 Å². The molecule has 3 aromatic rings. The van der Waals surface area contributed by atoms with Crippen molar-refractivity contribution in [3.63, 3.8) is 0 Å². The molecule has 2 heterocycles. The van der Waals surface area contributed by atoms with Crippen molar-refractivity contribution >= 4 is 28.9 Å². The van der Waals surface area contributed by atoms with Crippen LogP contribution in [0.3, 0.4) is 0 Å². The molecule has 0 unspecified atom stereocenters. The summed E-state index contributed by atoms with van der Waals surface area (Å²) in [5.41, 5.74) is 0.401. The van der Waals surface area contributed by atoms with E-state index in [-0.39, 0.29) is 6.54 Å². The van der Waals surface area contributed by atoms with Gasteiger partial charge in [-0.15, -0.1) is 21.5 Å². The molecule has 1 aromatic carbocycles. The highest BCUT2D eigenvalue weighted by atomic mass is 32.1. The number of esters is 1. The molecular weight excluding hydrogens is 361 g/mol. The smallest absolute Gasteiger partial charge is 0.330 e. The monoisotopic (exact) mass is 375 g/mol. The Hall–Kier alpha value is -3.14. The number of nitrogens with zero attached hydrogens (tertiary/aromatic N) is 4. The molecule has 0 aliphatic carbocycles. The van der Waals surface area contributed by atoms with E-state index in [9.17, 15) is 14.0 Å². The van der Waals surface area contributed by atoms with E-state index in [4.69, 9.17) is 4.74 Å². The number of carbonyl (C=O) groups excluding carboxylic acids is 2. The lowest BCUT2D eigenvalue weighted by Crippen LogP contribution is -2.31. The molecule has 10 heteroatoms. The molecule has 0 saturated heterocycles. The van der Waals surface area contributed by atoms with Crippen molar-refractivity contribution in [2.24, 2.45) is 0 Å². The van der Waals surface area contributed by atoms with Crippen LogP contribution in [-0.2, 0) is 20.9 Å². The molecular formula is C16H14FN5O3S. The van der Waals surface area contributed by atoms with Crippen LogP contribution in [-0.4, -0.2) is 38.2 Å². The van der Waals surface area contributed by atoms with E-state index >= 15 is 0 Å². The van der Waals surface area contributed by atoms with Crippen molar-refractivity contribution in [1.82, 2.24) is 20.2 Å². The Balaban J connectivity index is 1.52. The van der Waals surface area contributed by atoms with Crippen LogP contribution in [0, 0.1) is 5.82 Å². The molecule has 1 atom stereocenters. The summed E-state index contributed by atoms with van der Waals surface area (Å²) in [6.07, 6.45) is -1.03. The van der Waals surface area contributed by atoms with E-state index in [0.717, 1.165) is 9.67 Å². The number of anilines is 1. The second-order valence-corrected chi connectivity index (χ2v) is 6.20. The number of nitrogens with one attached hydrogen (secondary N) is 1. The van der Waals surface area contributed by atoms with Gasteiger partial charge >= 0.3 is 5.97 Å². The minimum Gasteiger partial charge on any atom is -0.451 e. The Morgan fingerprint density at radius 3 is 2.77 bits per heavy atom. The molecule has 0 fully saturated rings. The van der Waals surface area contributed by atoms with E-state index in [0.29, 0.717) is 11.5 Å². The van der Waals surface area contributed by atoms with Crippen LogP contribution in [0.25, 0.3) is 10.7 Å². The maximum atomic E-state index is 12.9. The van der Waals surface area contributed by atoms with Gasteiger partial charge in [0, 0.05) is 5.69 Å². The zero-order chi connectivity index (χ0) is 18.5. The lowest BCUT2D eigenvalue weighted by Gasteiger charge is -2.13. The zero-order valence-electron chi connectivity index (χ0n) is 13.6. The highest BCUT2D eigenvalue weighted by Gasteiger charge is 2.19. The van der Waals surface area contributed by atoms with Crippen molar-refractivity contribution in [3.05, 3.63) is 47.6 Å². The molecule has 1 amide bonds. The second kappa shape index (κ2) is 7.83. The number of carbonyl (C=O) groups is 2. The number of aromatic nitrogens is 4. The number of rotatable bonds is 6. The van der Waals surface area contributed by atoms with Crippen LogP contribution >= 0.6 is 11.3 Å². The summed E-state index contributed by atoms with van der Waals surface area (Å²) in [5, 5.41) is 16.1. The van der Waals surface area contributed by atoms with Crippen LogP contribution in [0.4, 0.5) is 10.1 Å². The van der Waals surface area contributed by atoms with Crippen LogP contribution < -0.4 is 5.32 Å². The van der Waals surface area contributed by atoms with Gasteiger partial charge in [-0.05, 0) is 47.8 Å². The molecule has 0 spiro atoms. The van der Waals surface area contributed by atoms with Gasteiger partial charge in [-0.1, -0.05) is 6.07 Å². The number of tetrazole rings is 1. The van der Waals surface area contributed by atoms with E-state index in [2.05, 4.69) is 20.7 Å². The minimum atomic E-state index is -1.03. The lowest BCUT2D eigenvalue weighted by atomic mass is 10.3. The zero-order valence-corrected chi connectivity index (χ0v) is 14.4. The predicted molar refractivity (Wildman–Crippen MR) is 91.7 cm³/mol. The lowest BCUT2D eigenvalue weighted by molar-refractivity contribution is -0.154. The Bertz CT molecular complexity index is 895. The summed E-state index contributed by atoms with van der Waals surface area (Å²) < 4.78 is 17.9. The van der Waals surface area contributed by atoms with Gasteiger partial charge in [0.2, 0.25) is 5.82 Å². The van der Waals surface area contributed by atoms with Gasteiger partial charge in [-0.3, -0.25) is 4.79 Å². The third-order valence-electron chi connectivity index (χ3n) is 3.25. The average Bonchev–Trinajstić information content (AvgIpc) is 3.28. The highest BCUT2D eigenvalue weighted by molar-refractivity contribution is 7.13. The summed E-state index contributed by atoms with van der Waals surface area (Å²) in [7, 11) is 0. The molecule has 0 saturated carbocycles. The van der Waals surface area contributed by atoms with Crippen molar-refractivity contribution in [3.8, 4) is 10.7 Å². The van der Waals surface area contributed by atoms with Gasteiger partial charge in [0.15, 0.2) is 12.6 Å².